The highest BCUT2D eigenvalue weighted by Crippen LogP contribution is 2.31. The zero-order chi connectivity index (χ0) is 23.8. The molecule has 0 heterocycles. The summed E-state index contributed by atoms with van der Waals surface area (Å²) >= 11 is 0. The molecule has 3 aromatic rings. The fourth-order valence-electron chi connectivity index (χ4n) is 3.50. The Morgan fingerprint density at radius 2 is 1.33 bits per heavy atom. The number of carbonyl (C=O) groups excluding carboxylic acids is 2. The summed E-state index contributed by atoms with van der Waals surface area (Å²) < 4.78 is 0. The summed E-state index contributed by atoms with van der Waals surface area (Å²) in [5, 5.41) is 33.0. The van der Waals surface area contributed by atoms with Crippen LogP contribution in [-0.4, -0.2) is 22.7 Å². The van der Waals surface area contributed by atoms with Crippen molar-refractivity contribution in [2.45, 2.75) is 12.0 Å². The predicted molar refractivity (Wildman–Crippen MR) is 119 cm³/mol. The van der Waals surface area contributed by atoms with E-state index in [2.05, 4.69) is 5.32 Å². The number of Topliss-reactive ketones (excluding diaryl/α,β-unsaturated/α-hetero) is 1. The third kappa shape index (κ3) is 5.27. The smallest absolute Gasteiger partial charge is 0.269 e. The van der Waals surface area contributed by atoms with Crippen molar-refractivity contribution in [1.29, 1.82) is 10.5 Å². The van der Waals surface area contributed by atoms with Crippen LogP contribution in [-0.2, 0) is 0 Å². The van der Waals surface area contributed by atoms with Crippen LogP contribution in [0, 0.1) is 38.7 Å². The maximum Gasteiger partial charge on any atom is 0.269 e. The zero-order valence-electron chi connectivity index (χ0n) is 17.3. The minimum Gasteiger partial charge on any atom is -0.341 e. The van der Waals surface area contributed by atoms with Crippen LogP contribution in [0.5, 0.6) is 0 Å². The molecular weight excluding hydrogens is 420 g/mol. The molecule has 1 N–H and O–H groups in total. The first-order chi connectivity index (χ1) is 16.0. The fourth-order valence-corrected chi connectivity index (χ4v) is 3.50. The second kappa shape index (κ2) is 10.5. The number of nitro groups is 1. The number of hydrogen-bond donors (Lipinski definition) is 1. The Bertz CT molecular complexity index is 1220. The van der Waals surface area contributed by atoms with E-state index in [-0.39, 0.29) is 11.3 Å². The summed E-state index contributed by atoms with van der Waals surface area (Å²) in [4.78, 5) is 36.9. The molecule has 0 aliphatic rings. The summed E-state index contributed by atoms with van der Waals surface area (Å²) in [6.45, 7) is 0. The van der Waals surface area contributed by atoms with Gasteiger partial charge in [0.25, 0.3) is 11.6 Å². The quantitative estimate of drug-likeness (QED) is 0.320. The molecular formula is C25H18N4O4. The molecule has 0 aliphatic heterocycles. The van der Waals surface area contributed by atoms with Crippen LogP contribution in [0.15, 0.2) is 84.9 Å². The van der Waals surface area contributed by atoms with E-state index in [0.29, 0.717) is 11.1 Å². The van der Waals surface area contributed by atoms with Gasteiger partial charge in [0.15, 0.2) is 5.78 Å². The number of hydrogen-bond acceptors (Lipinski definition) is 6. The molecule has 2 atom stereocenters. The lowest BCUT2D eigenvalue weighted by atomic mass is 9.78. The van der Waals surface area contributed by atoms with Gasteiger partial charge in [0, 0.05) is 29.2 Å². The number of nitrogens with zero attached hydrogens (tertiary/aromatic N) is 3. The number of carbonyl (C=O) groups is 2. The maximum atomic E-state index is 13.5. The molecule has 0 bridgehead atoms. The minimum atomic E-state index is -1.31. The van der Waals surface area contributed by atoms with Crippen molar-refractivity contribution in [3.63, 3.8) is 0 Å². The van der Waals surface area contributed by atoms with Gasteiger partial charge in [-0.2, -0.15) is 10.5 Å². The van der Waals surface area contributed by atoms with Crippen molar-refractivity contribution in [2.75, 3.05) is 0 Å². The Labute approximate surface area is 189 Å². The van der Waals surface area contributed by atoms with Gasteiger partial charge in [0.1, 0.15) is 12.0 Å². The summed E-state index contributed by atoms with van der Waals surface area (Å²) in [6, 6.07) is 24.2. The molecule has 1 amide bonds. The Kier molecular flexibility index (Phi) is 7.25. The molecule has 3 rings (SSSR count). The second-order valence-electron chi connectivity index (χ2n) is 7.16. The zero-order valence-corrected chi connectivity index (χ0v) is 17.3. The van der Waals surface area contributed by atoms with Crippen molar-refractivity contribution in [1.82, 2.24) is 5.32 Å². The van der Waals surface area contributed by atoms with Crippen LogP contribution in [0.1, 0.15) is 32.2 Å². The fraction of sp³-hybridized carbons (Fsp3) is 0.120. The van der Waals surface area contributed by atoms with Crippen LogP contribution in [0.4, 0.5) is 5.69 Å². The summed E-state index contributed by atoms with van der Waals surface area (Å²) in [5.74, 6) is -3.41. The van der Waals surface area contributed by atoms with Crippen LogP contribution in [0.3, 0.4) is 0 Å². The molecule has 8 heteroatoms. The number of non-ortho nitro benzene ring substituents is 1. The molecule has 162 valence electrons. The van der Waals surface area contributed by atoms with Gasteiger partial charge >= 0.3 is 0 Å². The van der Waals surface area contributed by atoms with Crippen molar-refractivity contribution in [3.8, 4) is 12.1 Å². The van der Waals surface area contributed by atoms with E-state index in [1.54, 1.807) is 60.7 Å². The van der Waals surface area contributed by atoms with Crippen LogP contribution in [0.25, 0.3) is 0 Å². The van der Waals surface area contributed by atoms with Gasteiger partial charge in [-0.05, 0) is 17.7 Å². The van der Waals surface area contributed by atoms with E-state index in [0.717, 1.165) is 0 Å². The standard InChI is InChI=1S/C25H18N4O4/c26-15-20(16-27)22(17-11-13-21(14-12-17)29(32)33)23(24(30)18-7-3-1-4-8-18)28-25(31)19-9-5-2-6-10-19/h1-14,20,22-23H,(H,28,31)/t22-,23-/m1/s1. The molecule has 33 heavy (non-hydrogen) atoms. The van der Waals surface area contributed by atoms with Crippen LogP contribution in [0.2, 0.25) is 0 Å². The van der Waals surface area contributed by atoms with Crippen molar-refractivity contribution in [2.24, 2.45) is 5.92 Å². The minimum absolute atomic E-state index is 0.178. The molecule has 3 aromatic carbocycles. The van der Waals surface area contributed by atoms with Gasteiger partial charge in [-0.15, -0.1) is 0 Å². The number of rotatable bonds is 8. The molecule has 0 fully saturated rings. The first-order valence-corrected chi connectivity index (χ1v) is 9.95. The number of nitrogens with one attached hydrogen (secondary N) is 1. The first kappa shape index (κ1) is 22.9. The molecule has 0 aliphatic carbocycles. The number of ketones is 1. The Hall–Kier alpha value is -4.82. The molecule has 0 radical (unpaired) electrons. The van der Waals surface area contributed by atoms with Crippen molar-refractivity contribution in [3.05, 3.63) is 112 Å². The second-order valence-corrected chi connectivity index (χ2v) is 7.16. The highest BCUT2D eigenvalue weighted by molar-refractivity contribution is 6.05. The average Bonchev–Trinajstić information content (AvgIpc) is 2.86. The van der Waals surface area contributed by atoms with E-state index in [1.165, 1.54) is 24.3 Å². The van der Waals surface area contributed by atoms with Crippen LogP contribution >= 0.6 is 0 Å². The summed E-state index contributed by atoms with van der Waals surface area (Å²) in [6.07, 6.45) is 0. The van der Waals surface area contributed by atoms with Gasteiger partial charge in [-0.25, -0.2) is 0 Å². The van der Waals surface area contributed by atoms with Crippen LogP contribution < -0.4 is 5.32 Å². The van der Waals surface area contributed by atoms with E-state index in [9.17, 15) is 30.2 Å². The number of benzene rings is 3. The third-order valence-electron chi connectivity index (χ3n) is 5.15. The maximum absolute atomic E-state index is 13.5. The summed E-state index contributed by atoms with van der Waals surface area (Å²) in [7, 11) is 0. The van der Waals surface area contributed by atoms with E-state index in [4.69, 9.17) is 0 Å². The number of nitriles is 2. The van der Waals surface area contributed by atoms with Crippen molar-refractivity contribution >= 4 is 17.4 Å². The Morgan fingerprint density at radius 3 is 1.82 bits per heavy atom. The van der Waals surface area contributed by atoms with E-state index in [1.807, 2.05) is 12.1 Å². The number of nitro benzene ring substituents is 1. The van der Waals surface area contributed by atoms with Gasteiger partial charge in [-0.1, -0.05) is 60.7 Å². The average molecular weight is 438 g/mol. The normalized spacial score (nSPS) is 12.1. The highest BCUT2D eigenvalue weighted by atomic mass is 16.6. The predicted octanol–water partition coefficient (Wildman–Crippen LogP) is 4.02. The molecule has 0 unspecified atom stereocenters. The molecule has 8 nitrogen and oxygen atoms in total. The van der Waals surface area contributed by atoms with Crippen molar-refractivity contribution < 1.29 is 14.5 Å². The topological polar surface area (TPSA) is 137 Å². The Balaban J connectivity index is 2.11. The largest absolute Gasteiger partial charge is 0.341 e. The Morgan fingerprint density at radius 1 is 0.818 bits per heavy atom. The lowest BCUT2D eigenvalue weighted by Gasteiger charge is -2.28. The molecule has 0 aromatic heterocycles. The van der Waals surface area contributed by atoms with E-state index < -0.39 is 34.5 Å². The molecule has 0 saturated heterocycles. The number of amides is 1. The lowest BCUT2D eigenvalue weighted by Crippen LogP contribution is -2.47. The monoisotopic (exact) mass is 438 g/mol. The summed E-state index contributed by atoms with van der Waals surface area (Å²) in [5.41, 5.74) is 0.757. The SMILES string of the molecule is N#CC(C#N)[C@@H](c1ccc([N+](=O)[O-])cc1)[C@@H](NC(=O)c1ccccc1)C(=O)c1ccccc1. The van der Waals surface area contributed by atoms with Gasteiger partial charge in [0.05, 0.1) is 17.1 Å². The highest BCUT2D eigenvalue weighted by Gasteiger charge is 2.38. The van der Waals surface area contributed by atoms with Gasteiger partial charge in [0.2, 0.25) is 0 Å². The van der Waals surface area contributed by atoms with E-state index >= 15 is 0 Å². The molecule has 0 spiro atoms. The van der Waals surface area contributed by atoms with Gasteiger partial charge < -0.3 is 5.32 Å². The first-order valence-electron chi connectivity index (χ1n) is 9.95. The third-order valence-corrected chi connectivity index (χ3v) is 5.15. The van der Waals surface area contributed by atoms with Gasteiger partial charge in [-0.3, -0.25) is 19.7 Å². The lowest BCUT2D eigenvalue weighted by molar-refractivity contribution is -0.384. The molecule has 0 saturated carbocycles.